The molecule has 0 saturated carbocycles. The van der Waals surface area contributed by atoms with E-state index in [1.165, 1.54) is 4.90 Å². The van der Waals surface area contributed by atoms with Crippen LogP contribution in [0.2, 0.25) is 0 Å². The van der Waals surface area contributed by atoms with Crippen LogP contribution in [0, 0.1) is 0 Å². The molecule has 0 spiro atoms. The van der Waals surface area contributed by atoms with E-state index < -0.39 is 5.60 Å². The molecular formula is C21H36IN5O5. The maximum Gasteiger partial charge on any atom is 0.410 e. The van der Waals surface area contributed by atoms with Gasteiger partial charge in [0.25, 0.3) is 0 Å². The summed E-state index contributed by atoms with van der Waals surface area (Å²) in [5, 5.41) is 6.53. The van der Waals surface area contributed by atoms with Gasteiger partial charge >= 0.3 is 6.09 Å². The minimum atomic E-state index is -0.572. The molecule has 11 heteroatoms. The SMILES string of the molecule is CO[C@H]1CN(C(=O)OC(C)(C)C)CC1NC(=NCC(=O)N(C)C)NCCc1ccco1.I. The monoisotopic (exact) mass is 565 g/mol. The highest BCUT2D eigenvalue weighted by molar-refractivity contribution is 14.0. The molecule has 2 heterocycles. The Hall–Kier alpha value is -2.02. The third-order valence-corrected chi connectivity index (χ3v) is 4.66. The number of carbonyl (C=O) groups excluding carboxylic acids is 2. The van der Waals surface area contributed by atoms with Crippen LogP contribution in [0.15, 0.2) is 27.8 Å². The molecule has 2 atom stereocenters. The maximum absolute atomic E-state index is 12.5. The summed E-state index contributed by atoms with van der Waals surface area (Å²) >= 11 is 0. The summed E-state index contributed by atoms with van der Waals surface area (Å²) in [5.74, 6) is 1.21. The molecule has 2 rings (SSSR count). The van der Waals surface area contributed by atoms with Crippen LogP contribution >= 0.6 is 24.0 Å². The number of amides is 2. The predicted octanol–water partition coefficient (Wildman–Crippen LogP) is 1.70. The maximum atomic E-state index is 12.5. The second kappa shape index (κ2) is 12.9. The van der Waals surface area contributed by atoms with Crippen molar-refractivity contribution < 1.29 is 23.5 Å². The number of nitrogens with one attached hydrogen (secondary N) is 2. The fraction of sp³-hybridized carbons (Fsp3) is 0.667. The molecule has 1 unspecified atom stereocenters. The Bertz CT molecular complexity index is 748. The van der Waals surface area contributed by atoms with Crippen molar-refractivity contribution in [2.45, 2.75) is 44.9 Å². The van der Waals surface area contributed by atoms with Gasteiger partial charge < -0.3 is 34.3 Å². The summed E-state index contributed by atoms with van der Waals surface area (Å²) in [5.41, 5.74) is -0.572. The first kappa shape index (κ1) is 28.0. The zero-order valence-corrected chi connectivity index (χ0v) is 22.0. The van der Waals surface area contributed by atoms with Crippen molar-refractivity contribution in [2.75, 3.05) is 47.4 Å². The zero-order valence-electron chi connectivity index (χ0n) is 19.7. The van der Waals surface area contributed by atoms with Gasteiger partial charge in [0.1, 0.15) is 17.9 Å². The number of halogens is 1. The van der Waals surface area contributed by atoms with Crippen molar-refractivity contribution in [2.24, 2.45) is 4.99 Å². The minimum Gasteiger partial charge on any atom is -0.469 e. The van der Waals surface area contributed by atoms with Gasteiger partial charge in [0, 0.05) is 40.7 Å². The Balaban J connectivity index is 0.00000512. The number of hydrogen-bond donors (Lipinski definition) is 2. The van der Waals surface area contributed by atoms with Gasteiger partial charge in [0.05, 0.1) is 25.0 Å². The lowest BCUT2D eigenvalue weighted by Crippen LogP contribution is -2.50. The van der Waals surface area contributed by atoms with E-state index in [9.17, 15) is 9.59 Å². The molecule has 1 aromatic heterocycles. The largest absolute Gasteiger partial charge is 0.469 e. The molecule has 0 radical (unpaired) electrons. The Kier molecular flexibility index (Phi) is 11.3. The Labute approximate surface area is 207 Å². The van der Waals surface area contributed by atoms with E-state index in [0.717, 1.165) is 5.76 Å². The van der Waals surface area contributed by atoms with E-state index in [-0.39, 0.29) is 54.7 Å². The summed E-state index contributed by atoms with van der Waals surface area (Å²) in [6.07, 6.45) is 1.67. The van der Waals surface area contributed by atoms with E-state index in [1.54, 1.807) is 32.4 Å². The van der Waals surface area contributed by atoms with Crippen molar-refractivity contribution in [1.82, 2.24) is 20.4 Å². The lowest BCUT2D eigenvalue weighted by molar-refractivity contribution is -0.127. The van der Waals surface area contributed by atoms with Crippen molar-refractivity contribution in [3.63, 3.8) is 0 Å². The minimum absolute atomic E-state index is 0. The van der Waals surface area contributed by atoms with Gasteiger partial charge in [-0.15, -0.1) is 24.0 Å². The first-order valence-corrected chi connectivity index (χ1v) is 10.4. The molecule has 2 N–H and O–H groups in total. The third-order valence-electron chi connectivity index (χ3n) is 4.66. The van der Waals surface area contributed by atoms with Gasteiger partial charge in [0.15, 0.2) is 5.96 Å². The first-order chi connectivity index (χ1) is 14.6. The molecule has 0 bridgehead atoms. The van der Waals surface area contributed by atoms with Crippen LogP contribution in [0.5, 0.6) is 0 Å². The number of methoxy groups -OCH3 is 1. The number of likely N-dealkylation sites (tertiary alicyclic amines) is 1. The van der Waals surface area contributed by atoms with Crippen molar-refractivity contribution in [1.29, 1.82) is 0 Å². The Morgan fingerprint density at radius 3 is 2.59 bits per heavy atom. The molecule has 1 fully saturated rings. The topological polar surface area (TPSA) is 109 Å². The highest BCUT2D eigenvalue weighted by atomic mass is 127. The third kappa shape index (κ3) is 9.23. The number of likely N-dealkylation sites (N-methyl/N-ethyl adjacent to an activating group) is 1. The number of guanidine groups is 1. The second-order valence-corrected chi connectivity index (χ2v) is 8.62. The van der Waals surface area contributed by atoms with E-state index >= 15 is 0 Å². The van der Waals surface area contributed by atoms with Crippen LogP contribution < -0.4 is 10.6 Å². The van der Waals surface area contributed by atoms with Gasteiger partial charge in [0.2, 0.25) is 5.91 Å². The standard InChI is InChI=1S/C21H35N5O5.HI/c1-21(2,3)31-20(28)26-13-16(17(14-26)29-6)24-19(23-12-18(27)25(4)5)22-10-9-15-8-7-11-30-15;/h7-8,11,16-17H,9-10,12-14H2,1-6H3,(H2,22,23,24);1H/t16?,17-;/m0./s1. The molecule has 1 aliphatic rings. The lowest BCUT2D eigenvalue weighted by atomic mass is 10.2. The van der Waals surface area contributed by atoms with E-state index in [1.807, 2.05) is 32.9 Å². The lowest BCUT2D eigenvalue weighted by Gasteiger charge is -2.24. The average molecular weight is 565 g/mol. The zero-order chi connectivity index (χ0) is 23.0. The molecular weight excluding hydrogens is 529 g/mol. The number of nitrogens with zero attached hydrogens (tertiary/aromatic N) is 3. The molecule has 1 aromatic rings. The average Bonchev–Trinajstić information content (AvgIpc) is 3.33. The number of aliphatic imine (C=N–C) groups is 1. The number of carbonyl (C=O) groups is 2. The number of ether oxygens (including phenoxy) is 2. The van der Waals surface area contributed by atoms with Crippen LogP contribution in [0.25, 0.3) is 0 Å². The van der Waals surface area contributed by atoms with Crippen molar-refractivity contribution >= 4 is 41.9 Å². The van der Waals surface area contributed by atoms with Crippen LogP contribution in [0.3, 0.4) is 0 Å². The van der Waals surface area contributed by atoms with Crippen molar-refractivity contribution in [3.05, 3.63) is 24.2 Å². The highest BCUT2D eigenvalue weighted by Gasteiger charge is 2.37. The highest BCUT2D eigenvalue weighted by Crippen LogP contribution is 2.17. The fourth-order valence-electron chi connectivity index (χ4n) is 3.00. The molecule has 10 nitrogen and oxygen atoms in total. The summed E-state index contributed by atoms with van der Waals surface area (Å²) in [4.78, 5) is 32.0. The van der Waals surface area contributed by atoms with Crippen LogP contribution in [0.4, 0.5) is 4.79 Å². The summed E-state index contributed by atoms with van der Waals surface area (Å²) in [6.45, 7) is 6.87. The molecule has 1 saturated heterocycles. The molecule has 2 amide bonds. The van der Waals surface area contributed by atoms with Gasteiger partial charge in [-0.1, -0.05) is 0 Å². The fourth-order valence-corrected chi connectivity index (χ4v) is 3.00. The molecule has 32 heavy (non-hydrogen) atoms. The molecule has 1 aliphatic heterocycles. The normalized spacial score (nSPS) is 18.7. The summed E-state index contributed by atoms with van der Waals surface area (Å²) in [6, 6.07) is 3.53. The van der Waals surface area contributed by atoms with Crippen LogP contribution in [0.1, 0.15) is 26.5 Å². The predicted molar refractivity (Wildman–Crippen MR) is 132 cm³/mol. The molecule has 0 aromatic carbocycles. The van der Waals surface area contributed by atoms with Gasteiger partial charge in [-0.05, 0) is 32.9 Å². The van der Waals surface area contributed by atoms with E-state index in [2.05, 4.69) is 15.6 Å². The van der Waals surface area contributed by atoms with E-state index in [4.69, 9.17) is 13.9 Å². The van der Waals surface area contributed by atoms with Crippen LogP contribution in [-0.2, 0) is 20.7 Å². The van der Waals surface area contributed by atoms with Crippen molar-refractivity contribution in [3.8, 4) is 0 Å². The number of hydrogen-bond acceptors (Lipinski definition) is 6. The number of furan rings is 1. The smallest absolute Gasteiger partial charge is 0.410 e. The van der Waals surface area contributed by atoms with E-state index in [0.29, 0.717) is 32.0 Å². The quantitative estimate of drug-likeness (QED) is 0.295. The van der Waals surface area contributed by atoms with Gasteiger partial charge in [-0.3, -0.25) is 4.79 Å². The molecule has 182 valence electrons. The Morgan fingerprint density at radius 1 is 1.31 bits per heavy atom. The summed E-state index contributed by atoms with van der Waals surface area (Å²) in [7, 11) is 4.98. The number of rotatable bonds is 7. The molecule has 0 aliphatic carbocycles. The van der Waals surface area contributed by atoms with Crippen LogP contribution in [-0.4, -0.2) is 92.9 Å². The summed E-state index contributed by atoms with van der Waals surface area (Å²) < 4.78 is 16.4. The first-order valence-electron chi connectivity index (χ1n) is 10.4. The second-order valence-electron chi connectivity index (χ2n) is 8.62. The van der Waals surface area contributed by atoms with Gasteiger partial charge in [-0.2, -0.15) is 0 Å². The van der Waals surface area contributed by atoms with Gasteiger partial charge in [-0.25, -0.2) is 9.79 Å². The Morgan fingerprint density at radius 2 is 2.03 bits per heavy atom.